The van der Waals surface area contributed by atoms with Crippen LogP contribution in [0, 0.1) is 0 Å². The number of nitrogens with one attached hydrogen (secondary N) is 2. The van der Waals surface area contributed by atoms with Crippen molar-refractivity contribution >= 4 is 11.6 Å². The SMILES string of the molecule is CCCCOc1ccccc1NC(=O)CNCc1ccco1. The van der Waals surface area contributed by atoms with Crippen molar-refractivity contribution in [2.75, 3.05) is 18.5 Å². The third-order valence-corrected chi connectivity index (χ3v) is 3.08. The summed E-state index contributed by atoms with van der Waals surface area (Å²) in [6.45, 7) is 3.50. The molecule has 22 heavy (non-hydrogen) atoms. The highest BCUT2D eigenvalue weighted by molar-refractivity contribution is 5.93. The minimum atomic E-state index is -0.113. The molecule has 5 heteroatoms. The van der Waals surface area contributed by atoms with Crippen LogP contribution in [0.3, 0.4) is 0 Å². The van der Waals surface area contributed by atoms with E-state index in [0.29, 0.717) is 24.6 Å². The summed E-state index contributed by atoms with van der Waals surface area (Å²) >= 11 is 0. The standard InChI is InChI=1S/C17H22N2O3/c1-2-3-10-22-16-9-5-4-8-15(16)19-17(20)13-18-12-14-7-6-11-21-14/h4-9,11,18H,2-3,10,12-13H2,1H3,(H,19,20). The number of ether oxygens (including phenoxy) is 1. The van der Waals surface area contributed by atoms with E-state index in [4.69, 9.17) is 9.15 Å². The first kappa shape index (κ1) is 16.1. The number of anilines is 1. The molecule has 0 aliphatic carbocycles. The lowest BCUT2D eigenvalue weighted by Crippen LogP contribution is -2.27. The Labute approximate surface area is 130 Å². The van der Waals surface area contributed by atoms with Gasteiger partial charge < -0.3 is 19.8 Å². The molecule has 0 radical (unpaired) electrons. The highest BCUT2D eigenvalue weighted by Gasteiger charge is 2.07. The Morgan fingerprint density at radius 3 is 2.86 bits per heavy atom. The average Bonchev–Trinajstić information content (AvgIpc) is 3.02. The first-order chi connectivity index (χ1) is 10.8. The van der Waals surface area contributed by atoms with Gasteiger partial charge in [0.15, 0.2) is 0 Å². The van der Waals surface area contributed by atoms with E-state index >= 15 is 0 Å². The molecule has 0 saturated heterocycles. The third-order valence-electron chi connectivity index (χ3n) is 3.08. The predicted molar refractivity (Wildman–Crippen MR) is 85.9 cm³/mol. The lowest BCUT2D eigenvalue weighted by Gasteiger charge is -2.12. The molecular weight excluding hydrogens is 280 g/mol. The number of carbonyl (C=O) groups is 1. The highest BCUT2D eigenvalue weighted by Crippen LogP contribution is 2.23. The van der Waals surface area contributed by atoms with Crippen molar-refractivity contribution in [2.24, 2.45) is 0 Å². The van der Waals surface area contributed by atoms with Gasteiger partial charge in [0.05, 0.1) is 31.6 Å². The molecular formula is C17H22N2O3. The molecule has 0 fully saturated rings. The van der Waals surface area contributed by atoms with Crippen LogP contribution in [-0.4, -0.2) is 19.1 Å². The Kier molecular flexibility index (Phi) is 6.51. The Morgan fingerprint density at radius 2 is 2.09 bits per heavy atom. The molecule has 1 aromatic carbocycles. The summed E-state index contributed by atoms with van der Waals surface area (Å²) in [6, 6.07) is 11.2. The zero-order chi connectivity index (χ0) is 15.6. The van der Waals surface area contributed by atoms with Crippen molar-refractivity contribution in [3.05, 3.63) is 48.4 Å². The highest BCUT2D eigenvalue weighted by atomic mass is 16.5. The monoisotopic (exact) mass is 302 g/mol. The van der Waals surface area contributed by atoms with E-state index in [9.17, 15) is 4.79 Å². The lowest BCUT2D eigenvalue weighted by molar-refractivity contribution is -0.115. The average molecular weight is 302 g/mol. The van der Waals surface area contributed by atoms with Gasteiger partial charge in [-0.25, -0.2) is 0 Å². The fraction of sp³-hybridized carbons (Fsp3) is 0.353. The lowest BCUT2D eigenvalue weighted by atomic mass is 10.3. The van der Waals surface area contributed by atoms with Crippen molar-refractivity contribution < 1.29 is 13.9 Å². The van der Waals surface area contributed by atoms with E-state index in [1.807, 2.05) is 36.4 Å². The largest absolute Gasteiger partial charge is 0.491 e. The molecule has 0 unspecified atom stereocenters. The number of benzene rings is 1. The molecule has 1 amide bonds. The first-order valence-electron chi connectivity index (χ1n) is 7.54. The Morgan fingerprint density at radius 1 is 1.23 bits per heavy atom. The van der Waals surface area contributed by atoms with Crippen molar-refractivity contribution in [1.82, 2.24) is 5.32 Å². The molecule has 1 aromatic heterocycles. The van der Waals surface area contributed by atoms with Gasteiger partial charge in [-0.15, -0.1) is 0 Å². The molecule has 1 heterocycles. The van der Waals surface area contributed by atoms with Gasteiger partial charge in [0.1, 0.15) is 11.5 Å². The molecule has 0 saturated carbocycles. The summed E-state index contributed by atoms with van der Waals surface area (Å²) in [7, 11) is 0. The maximum atomic E-state index is 12.0. The van der Waals surface area contributed by atoms with Crippen molar-refractivity contribution in [3.8, 4) is 5.75 Å². The van der Waals surface area contributed by atoms with Crippen LogP contribution in [0.2, 0.25) is 0 Å². The van der Waals surface area contributed by atoms with Gasteiger partial charge in [-0.1, -0.05) is 25.5 Å². The zero-order valence-electron chi connectivity index (χ0n) is 12.8. The van der Waals surface area contributed by atoms with E-state index in [0.717, 1.165) is 18.6 Å². The summed E-state index contributed by atoms with van der Waals surface area (Å²) in [5, 5.41) is 5.89. The van der Waals surface area contributed by atoms with Crippen molar-refractivity contribution in [3.63, 3.8) is 0 Å². The van der Waals surface area contributed by atoms with Gasteiger partial charge >= 0.3 is 0 Å². The third kappa shape index (κ3) is 5.26. The fourth-order valence-electron chi connectivity index (χ4n) is 1.93. The number of rotatable bonds is 9. The van der Waals surface area contributed by atoms with Gasteiger partial charge in [-0.05, 0) is 30.7 Å². The van der Waals surface area contributed by atoms with Gasteiger partial charge in [0.2, 0.25) is 5.91 Å². The maximum Gasteiger partial charge on any atom is 0.238 e. The van der Waals surface area contributed by atoms with Crippen LogP contribution >= 0.6 is 0 Å². The summed E-state index contributed by atoms with van der Waals surface area (Å²) in [5.41, 5.74) is 0.698. The molecule has 2 aromatic rings. The minimum absolute atomic E-state index is 0.113. The molecule has 2 N–H and O–H groups in total. The molecule has 118 valence electrons. The second-order valence-electron chi connectivity index (χ2n) is 4.93. The van der Waals surface area contributed by atoms with Crippen LogP contribution in [0.1, 0.15) is 25.5 Å². The fourth-order valence-corrected chi connectivity index (χ4v) is 1.93. The first-order valence-corrected chi connectivity index (χ1v) is 7.54. The van der Waals surface area contributed by atoms with Crippen LogP contribution in [0.15, 0.2) is 47.1 Å². The van der Waals surface area contributed by atoms with Crippen LogP contribution in [-0.2, 0) is 11.3 Å². The quantitative estimate of drug-likeness (QED) is 0.698. The van der Waals surface area contributed by atoms with E-state index in [1.54, 1.807) is 6.26 Å². The minimum Gasteiger partial charge on any atom is -0.491 e. The normalized spacial score (nSPS) is 10.4. The van der Waals surface area contributed by atoms with Gasteiger partial charge in [-0.2, -0.15) is 0 Å². The Hall–Kier alpha value is -2.27. The second-order valence-corrected chi connectivity index (χ2v) is 4.93. The summed E-state index contributed by atoms with van der Waals surface area (Å²) in [6.07, 6.45) is 3.68. The number of amides is 1. The molecule has 5 nitrogen and oxygen atoms in total. The number of para-hydroxylation sites is 2. The van der Waals surface area contributed by atoms with Crippen LogP contribution in [0.5, 0.6) is 5.75 Å². The Balaban J connectivity index is 1.80. The predicted octanol–water partition coefficient (Wildman–Crippen LogP) is 3.19. The van der Waals surface area contributed by atoms with Crippen LogP contribution in [0.4, 0.5) is 5.69 Å². The van der Waals surface area contributed by atoms with Crippen LogP contribution in [0.25, 0.3) is 0 Å². The molecule has 0 atom stereocenters. The number of hydrogen-bond donors (Lipinski definition) is 2. The topological polar surface area (TPSA) is 63.5 Å². The number of hydrogen-bond acceptors (Lipinski definition) is 4. The van der Waals surface area contributed by atoms with Gasteiger partial charge in [0, 0.05) is 0 Å². The molecule has 0 aliphatic rings. The van der Waals surface area contributed by atoms with Gasteiger partial charge in [0.25, 0.3) is 0 Å². The molecule has 0 bridgehead atoms. The summed E-state index contributed by atoms with van der Waals surface area (Å²) < 4.78 is 10.9. The zero-order valence-corrected chi connectivity index (χ0v) is 12.8. The number of carbonyl (C=O) groups excluding carboxylic acids is 1. The smallest absolute Gasteiger partial charge is 0.238 e. The van der Waals surface area contributed by atoms with E-state index < -0.39 is 0 Å². The molecule has 0 aliphatic heterocycles. The van der Waals surface area contributed by atoms with Gasteiger partial charge in [-0.3, -0.25) is 4.79 Å². The van der Waals surface area contributed by atoms with E-state index in [1.165, 1.54) is 0 Å². The number of unbranched alkanes of at least 4 members (excludes halogenated alkanes) is 1. The summed E-state index contributed by atoms with van der Waals surface area (Å²) in [5.74, 6) is 1.39. The number of furan rings is 1. The Bertz CT molecular complexity index is 567. The molecule has 2 rings (SSSR count). The molecule has 0 spiro atoms. The summed E-state index contributed by atoms with van der Waals surface area (Å²) in [4.78, 5) is 12.0. The van der Waals surface area contributed by atoms with Crippen molar-refractivity contribution in [2.45, 2.75) is 26.3 Å². The van der Waals surface area contributed by atoms with Crippen LogP contribution < -0.4 is 15.4 Å². The maximum absolute atomic E-state index is 12.0. The second kappa shape index (κ2) is 8.89. The van der Waals surface area contributed by atoms with Crippen molar-refractivity contribution in [1.29, 1.82) is 0 Å². The van der Waals surface area contributed by atoms with E-state index in [-0.39, 0.29) is 12.5 Å². The van der Waals surface area contributed by atoms with E-state index in [2.05, 4.69) is 17.6 Å².